The number of benzene rings is 3. The van der Waals surface area contributed by atoms with Gasteiger partial charge in [0.05, 0.1) is 23.8 Å². The van der Waals surface area contributed by atoms with Gasteiger partial charge in [0.1, 0.15) is 0 Å². The van der Waals surface area contributed by atoms with Gasteiger partial charge >= 0.3 is 0 Å². The van der Waals surface area contributed by atoms with Gasteiger partial charge in [0, 0.05) is 61.8 Å². The molecule has 0 bridgehead atoms. The highest BCUT2D eigenvalue weighted by Crippen LogP contribution is 2.47. The van der Waals surface area contributed by atoms with Crippen molar-refractivity contribution < 1.29 is 29.5 Å². The average molecular weight is 613 g/mol. The van der Waals surface area contributed by atoms with Crippen LogP contribution in [0.15, 0.2) is 84.9 Å². The predicted octanol–water partition coefficient (Wildman–Crippen LogP) is 4.06. The molecule has 0 unspecified atom stereocenters. The molecule has 2 aliphatic rings. The molecule has 3 aromatic rings. The van der Waals surface area contributed by atoms with Crippen LogP contribution in [0.4, 0.5) is 17.1 Å². The first-order valence-electron chi connectivity index (χ1n) is 14.9. The highest BCUT2D eigenvalue weighted by Gasteiger charge is 2.53. The number of anilines is 2. The fourth-order valence-electron chi connectivity index (χ4n) is 5.99. The molecule has 11 heteroatoms. The summed E-state index contributed by atoms with van der Waals surface area (Å²) in [4.78, 5) is 55.0. The largest absolute Gasteiger partial charge is 0.395 e. The maximum absolute atomic E-state index is 14.0. The van der Waals surface area contributed by atoms with Gasteiger partial charge in [0.25, 0.3) is 11.6 Å². The van der Waals surface area contributed by atoms with Gasteiger partial charge in [0.15, 0.2) is 5.60 Å². The minimum absolute atomic E-state index is 0.0328. The maximum Gasteiger partial charge on any atom is 0.269 e. The lowest BCUT2D eigenvalue weighted by Crippen LogP contribution is -2.44. The SMILES string of the molecule is C[C@@H](/C=C/CC(=O)N(CCO)Cc1ccccc1)[C@]1(O)C(=O)N(Cc2cccc(N3CCCC3=O)c2)c2ccc([N+](=O)[O-])cc21. The van der Waals surface area contributed by atoms with Crippen LogP contribution in [0.5, 0.6) is 0 Å². The van der Waals surface area contributed by atoms with E-state index >= 15 is 0 Å². The van der Waals surface area contributed by atoms with Crippen molar-refractivity contribution in [3.05, 3.63) is 112 Å². The maximum atomic E-state index is 14.0. The summed E-state index contributed by atoms with van der Waals surface area (Å²) >= 11 is 0. The summed E-state index contributed by atoms with van der Waals surface area (Å²) in [5.74, 6) is -1.70. The van der Waals surface area contributed by atoms with Gasteiger partial charge in [-0.05, 0) is 35.7 Å². The van der Waals surface area contributed by atoms with Gasteiger partial charge < -0.3 is 24.9 Å². The van der Waals surface area contributed by atoms with Crippen molar-refractivity contribution in [2.24, 2.45) is 5.92 Å². The number of nitro groups is 1. The van der Waals surface area contributed by atoms with Gasteiger partial charge in [-0.1, -0.05) is 61.5 Å². The molecule has 2 N–H and O–H groups in total. The Hall–Kier alpha value is -4.87. The second-order valence-electron chi connectivity index (χ2n) is 11.4. The number of rotatable bonds is 12. The summed E-state index contributed by atoms with van der Waals surface area (Å²) in [6.45, 7) is 2.60. The number of hydrogen-bond donors (Lipinski definition) is 2. The van der Waals surface area contributed by atoms with E-state index in [1.54, 1.807) is 30.0 Å². The first-order chi connectivity index (χ1) is 21.6. The van der Waals surface area contributed by atoms with Crippen LogP contribution in [0, 0.1) is 16.0 Å². The molecule has 0 radical (unpaired) electrons. The van der Waals surface area contributed by atoms with Crippen LogP contribution in [0.2, 0.25) is 0 Å². The smallest absolute Gasteiger partial charge is 0.269 e. The number of carbonyl (C=O) groups is 3. The van der Waals surface area contributed by atoms with Crippen LogP contribution in [0.25, 0.3) is 0 Å². The minimum atomic E-state index is -2.13. The number of fused-ring (bicyclic) bond motifs is 1. The molecule has 5 rings (SSSR count). The van der Waals surface area contributed by atoms with Crippen LogP contribution in [-0.2, 0) is 33.1 Å². The molecule has 1 fully saturated rings. The van der Waals surface area contributed by atoms with Crippen molar-refractivity contribution in [3.63, 3.8) is 0 Å². The Balaban J connectivity index is 1.38. The fourth-order valence-corrected chi connectivity index (χ4v) is 5.99. The lowest BCUT2D eigenvalue weighted by atomic mass is 9.82. The molecule has 3 amide bonds. The van der Waals surface area contributed by atoms with Gasteiger partial charge in [-0.3, -0.25) is 24.5 Å². The van der Waals surface area contributed by atoms with Crippen molar-refractivity contribution in [2.75, 3.05) is 29.5 Å². The lowest BCUT2D eigenvalue weighted by Gasteiger charge is -2.28. The van der Waals surface area contributed by atoms with E-state index in [9.17, 15) is 34.7 Å². The zero-order valence-electron chi connectivity index (χ0n) is 25.0. The van der Waals surface area contributed by atoms with E-state index in [0.29, 0.717) is 25.2 Å². The number of nitro benzene ring substituents is 1. The highest BCUT2D eigenvalue weighted by molar-refractivity contribution is 6.07. The van der Waals surface area contributed by atoms with Crippen molar-refractivity contribution in [1.82, 2.24) is 4.90 Å². The molecule has 234 valence electrons. The Morgan fingerprint density at radius 3 is 2.53 bits per heavy atom. The number of aliphatic hydroxyl groups is 2. The van der Waals surface area contributed by atoms with E-state index < -0.39 is 22.3 Å². The molecule has 2 aliphatic heterocycles. The Morgan fingerprint density at radius 1 is 1.09 bits per heavy atom. The monoisotopic (exact) mass is 612 g/mol. The van der Waals surface area contributed by atoms with Gasteiger partial charge in [-0.15, -0.1) is 0 Å². The van der Waals surface area contributed by atoms with Crippen LogP contribution < -0.4 is 9.80 Å². The van der Waals surface area contributed by atoms with Crippen LogP contribution in [0.1, 0.15) is 42.9 Å². The summed E-state index contributed by atoms with van der Waals surface area (Å²) in [5, 5.41) is 33.1. The summed E-state index contributed by atoms with van der Waals surface area (Å²) in [5.41, 5.74) is 0.445. The highest BCUT2D eigenvalue weighted by atomic mass is 16.6. The van der Waals surface area contributed by atoms with E-state index in [1.807, 2.05) is 48.5 Å². The van der Waals surface area contributed by atoms with E-state index in [1.165, 1.54) is 28.0 Å². The molecule has 45 heavy (non-hydrogen) atoms. The Kier molecular flexibility index (Phi) is 9.40. The number of carbonyl (C=O) groups excluding carboxylic acids is 3. The third-order valence-corrected chi connectivity index (χ3v) is 8.42. The van der Waals surface area contributed by atoms with E-state index in [2.05, 4.69) is 0 Å². The zero-order chi connectivity index (χ0) is 32.1. The molecule has 2 atom stereocenters. The van der Waals surface area contributed by atoms with E-state index in [4.69, 9.17) is 0 Å². The quantitative estimate of drug-likeness (QED) is 0.178. The van der Waals surface area contributed by atoms with Crippen molar-refractivity contribution in [2.45, 2.75) is 44.9 Å². The fraction of sp³-hybridized carbons (Fsp3) is 0.324. The number of nitrogens with zero attached hydrogens (tertiary/aromatic N) is 4. The van der Waals surface area contributed by atoms with Gasteiger partial charge in [-0.2, -0.15) is 0 Å². The third-order valence-electron chi connectivity index (χ3n) is 8.42. The Labute approximate surface area is 261 Å². The zero-order valence-corrected chi connectivity index (χ0v) is 25.0. The minimum Gasteiger partial charge on any atom is -0.395 e. The average Bonchev–Trinajstić information content (AvgIpc) is 3.56. The molecule has 3 aromatic carbocycles. The normalized spacial score (nSPS) is 18.5. The second-order valence-corrected chi connectivity index (χ2v) is 11.4. The summed E-state index contributed by atoms with van der Waals surface area (Å²) in [6, 6.07) is 20.7. The standard InChI is InChI=1S/C34H36N4O7/c1-24(8-5-13-31(40)35(18-19-39)22-25-9-3-2-4-10-25)34(43)29-21-28(38(44)45)15-16-30(29)37(33(34)42)23-26-11-6-12-27(20-26)36-17-7-14-32(36)41/h2-6,8-12,15-16,20-21,24,39,43H,7,13-14,17-19,22-23H2,1H3/b8-5+/t24-,34+/m0/s1. The molecular formula is C34H36N4O7. The predicted molar refractivity (Wildman–Crippen MR) is 168 cm³/mol. The van der Waals surface area contributed by atoms with Crippen molar-refractivity contribution in [1.29, 1.82) is 0 Å². The molecule has 0 aliphatic carbocycles. The van der Waals surface area contributed by atoms with E-state index in [0.717, 1.165) is 23.2 Å². The van der Waals surface area contributed by atoms with E-state index in [-0.39, 0.29) is 49.2 Å². The molecule has 1 saturated heterocycles. The number of hydrogen-bond acceptors (Lipinski definition) is 7. The number of aliphatic hydroxyl groups excluding tert-OH is 1. The molecule has 2 heterocycles. The topological polar surface area (TPSA) is 145 Å². The van der Waals surface area contributed by atoms with Crippen LogP contribution in [0.3, 0.4) is 0 Å². The Morgan fingerprint density at radius 2 is 1.84 bits per heavy atom. The van der Waals surface area contributed by atoms with Crippen molar-refractivity contribution in [3.8, 4) is 0 Å². The van der Waals surface area contributed by atoms with Crippen LogP contribution >= 0.6 is 0 Å². The lowest BCUT2D eigenvalue weighted by molar-refractivity contribution is -0.385. The Bertz CT molecular complexity index is 1630. The number of non-ortho nitro benzene ring substituents is 1. The summed E-state index contributed by atoms with van der Waals surface area (Å²) in [6.07, 6.45) is 4.37. The molecule has 0 aromatic heterocycles. The first-order valence-corrected chi connectivity index (χ1v) is 14.9. The number of amides is 3. The first kappa shape index (κ1) is 31.6. The molecule has 0 saturated carbocycles. The summed E-state index contributed by atoms with van der Waals surface area (Å²) < 4.78 is 0. The molecule has 0 spiro atoms. The molecule has 11 nitrogen and oxygen atoms in total. The second kappa shape index (κ2) is 13.4. The molecular weight excluding hydrogens is 576 g/mol. The van der Waals surface area contributed by atoms with Gasteiger partial charge in [0.2, 0.25) is 11.8 Å². The van der Waals surface area contributed by atoms with Crippen molar-refractivity contribution >= 4 is 34.8 Å². The van der Waals surface area contributed by atoms with Gasteiger partial charge in [-0.25, -0.2) is 0 Å². The van der Waals surface area contributed by atoms with Crippen LogP contribution in [-0.4, -0.2) is 57.5 Å². The third kappa shape index (κ3) is 6.50. The summed E-state index contributed by atoms with van der Waals surface area (Å²) in [7, 11) is 0.